The summed E-state index contributed by atoms with van der Waals surface area (Å²) in [7, 11) is 0. The Balaban J connectivity index is 1.60. The number of carbonyl (C=O) groups is 2. The van der Waals surface area contributed by atoms with Gasteiger partial charge in [-0.3, -0.25) is 14.6 Å². The third-order valence-electron chi connectivity index (χ3n) is 5.12. The molecule has 0 bridgehead atoms. The van der Waals surface area contributed by atoms with Crippen molar-refractivity contribution < 1.29 is 29.3 Å². The molecule has 3 N–H and O–H groups in total. The summed E-state index contributed by atoms with van der Waals surface area (Å²) in [5.74, 6) is 4.39. The molecule has 0 unspecified atom stereocenters. The first-order valence-electron chi connectivity index (χ1n) is 10.3. The van der Waals surface area contributed by atoms with E-state index in [4.69, 9.17) is 14.6 Å². The zero-order chi connectivity index (χ0) is 23.3. The van der Waals surface area contributed by atoms with E-state index >= 15 is 0 Å². The van der Waals surface area contributed by atoms with Crippen LogP contribution in [0.3, 0.4) is 0 Å². The van der Waals surface area contributed by atoms with Gasteiger partial charge < -0.3 is 25.0 Å². The number of carboxylic acids is 1. The molecular weight excluding hydrogens is 426 g/mol. The minimum atomic E-state index is -1.20. The van der Waals surface area contributed by atoms with E-state index in [0.717, 1.165) is 10.9 Å². The van der Waals surface area contributed by atoms with Crippen LogP contribution in [0.25, 0.3) is 10.9 Å². The van der Waals surface area contributed by atoms with Gasteiger partial charge in [0.05, 0.1) is 13.2 Å². The lowest BCUT2D eigenvalue weighted by Gasteiger charge is -2.33. The molecule has 33 heavy (non-hydrogen) atoms. The maximum atomic E-state index is 12.0. The number of ether oxygens (including phenoxy) is 2. The molecule has 168 valence electrons. The van der Waals surface area contributed by atoms with Crippen LogP contribution in [0.1, 0.15) is 28.9 Å². The molecule has 0 saturated carbocycles. The number of aliphatic carboxylic acids is 1. The van der Waals surface area contributed by atoms with Crippen LogP contribution < -0.4 is 10.1 Å². The molecule has 1 aliphatic rings. The fraction of sp³-hybridized carbons (Fsp3) is 0.250. The molecule has 0 radical (unpaired) electrons. The summed E-state index contributed by atoms with van der Waals surface area (Å²) in [6, 6.07) is 10.8. The Morgan fingerprint density at radius 2 is 1.97 bits per heavy atom. The van der Waals surface area contributed by atoms with Crippen LogP contribution in [0.15, 0.2) is 48.8 Å². The highest BCUT2D eigenvalue weighted by Crippen LogP contribution is 2.31. The Morgan fingerprint density at radius 3 is 2.73 bits per heavy atom. The van der Waals surface area contributed by atoms with E-state index in [1.54, 1.807) is 6.20 Å². The third kappa shape index (κ3) is 5.19. The standard InChI is InChI=1S/C24H21N3O6/c28-18-13-16(14-26-22(18)23(31)27-15-20(29)30)6-7-24(8-11-32-12-9-24)33-19-5-1-3-17-4-2-10-25-21(17)19/h1-5,10,13-14,28H,8-9,11-12,15H2,(H,27,31)(H,29,30). The second kappa shape index (κ2) is 9.54. The molecule has 1 aromatic carbocycles. The predicted octanol–water partition coefficient (Wildman–Crippen LogP) is 2.13. The van der Waals surface area contributed by atoms with Gasteiger partial charge >= 0.3 is 5.97 Å². The van der Waals surface area contributed by atoms with Crippen molar-refractivity contribution in [1.82, 2.24) is 15.3 Å². The number of aromatic nitrogens is 2. The fourth-order valence-electron chi connectivity index (χ4n) is 3.44. The molecule has 0 aliphatic carbocycles. The molecule has 9 nitrogen and oxygen atoms in total. The molecule has 1 saturated heterocycles. The maximum absolute atomic E-state index is 12.0. The van der Waals surface area contributed by atoms with Gasteiger partial charge in [-0.1, -0.05) is 24.1 Å². The van der Waals surface area contributed by atoms with Crippen LogP contribution in [0.2, 0.25) is 0 Å². The molecule has 1 aliphatic heterocycles. The molecule has 1 fully saturated rings. The van der Waals surface area contributed by atoms with Crippen molar-refractivity contribution in [2.45, 2.75) is 18.4 Å². The van der Waals surface area contributed by atoms with Gasteiger partial charge in [0.25, 0.3) is 5.91 Å². The highest BCUT2D eigenvalue weighted by molar-refractivity contribution is 5.96. The van der Waals surface area contributed by atoms with E-state index in [9.17, 15) is 14.7 Å². The number of rotatable bonds is 5. The van der Waals surface area contributed by atoms with E-state index in [1.807, 2.05) is 30.3 Å². The van der Waals surface area contributed by atoms with E-state index in [2.05, 4.69) is 27.1 Å². The molecule has 4 rings (SSSR count). The van der Waals surface area contributed by atoms with Crippen molar-refractivity contribution in [2.24, 2.45) is 0 Å². The summed E-state index contributed by atoms with van der Waals surface area (Å²) in [6.07, 6.45) is 4.13. The number of carboxylic acid groups (broad SMARTS) is 1. The number of carbonyl (C=O) groups excluding carboxylic acids is 1. The predicted molar refractivity (Wildman–Crippen MR) is 118 cm³/mol. The van der Waals surface area contributed by atoms with Crippen molar-refractivity contribution in [3.63, 3.8) is 0 Å². The van der Waals surface area contributed by atoms with Gasteiger partial charge in [-0.15, -0.1) is 0 Å². The minimum Gasteiger partial charge on any atom is -0.505 e. The van der Waals surface area contributed by atoms with Crippen LogP contribution in [0.5, 0.6) is 11.5 Å². The Bertz CT molecular complexity index is 1250. The van der Waals surface area contributed by atoms with Crippen LogP contribution in [0.4, 0.5) is 0 Å². The number of hydrogen-bond acceptors (Lipinski definition) is 7. The van der Waals surface area contributed by atoms with Gasteiger partial charge in [0.1, 0.15) is 23.6 Å². The van der Waals surface area contributed by atoms with Crippen molar-refractivity contribution in [1.29, 1.82) is 0 Å². The van der Waals surface area contributed by atoms with Crippen LogP contribution in [-0.2, 0) is 9.53 Å². The summed E-state index contributed by atoms with van der Waals surface area (Å²) >= 11 is 0. The highest BCUT2D eigenvalue weighted by Gasteiger charge is 2.34. The molecular formula is C24H21N3O6. The number of nitrogens with one attached hydrogen (secondary N) is 1. The Kier molecular flexibility index (Phi) is 6.38. The molecule has 2 aromatic heterocycles. The van der Waals surface area contributed by atoms with Crippen LogP contribution in [0, 0.1) is 11.8 Å². The van der Waals surface area contributed by atoms with Gasteiger partial charge in [-0.2, -0.15) is 0 Å². The molecule has 3 aromatic rings. The lowest BCUT2D eigenvalue weighted by Crippen LogP contribution is -2.40. The van der Waals surface area contributed by atoms with E-state index in [0.29, 0.717) is 37.4 Å². The largest absolute Gasteiger partial charge is 0.505 e. The summed E-state index contributed by atoms with van der Waals surface area (Å²) in [5.41, 5.74) is 0.0224. The summed E-state index contributed by atoms with van der Waals surface area (Å²) in [4.78, 5) is 30.9. The van der Waals surface area contributed by atoms with Gasteiger partial charge in [0.2, 0.25) is 0 Å². The average Bonchev–Trinajstić information content (AvgIpc) is 2.82. The number of nitrogens with zero attached hydrogens (tertiary/aromatic N) is 2. The SMILES string of the molecule is O=C(O)CNC(=O)c1ncc(C#CC2(Oc3cccc4cccnc34)CCOCC2)cc1O. The lowest BCUT2D eigenvalue weighted by molar-refractivity contribution is -0.135. The van der Waals surface area contributed by atoms with Crippen molar-refractivity contribution in [3.05, 3.63) is 60.0 Å². The Hall–Kier alpha value is -4.16. The quantitative estimate of drug-likeness (QED) is 0.507. The Morgan fingerprint density at radius 1 is 1.18 bits per heavy atom. The monoisotopic (exact) mass is 447 g/mol. The first-order chi connectivity index (χ1) is 16.0. The van der Waals surface area contributed by atoms with Gasteiger partial charge in [-0.05, 0) is 24.1 Å². The molecule has 0 atom stereocenters. The smallest absolute Gasteiger partial charge is 0.322 e. The number of fused-ring (bicyclic) bond motifs is 1. The van der Waals surface area contributed by atoms with E-state index in [1.165, 1.54) is 12.3 Å². The van der Waals surface area contributed by atoms with Crippen molar-refractivity contribution in [2.75, 3.05) is 19.8 Å². The first kappa shape index (κ1) is 22.0. The summed E-state index contributed by atoms with van der Waals surface area (Å²) < 4.78 is 11.9. The zero-order valence-corrected chi connectivity index (χ0v) is 17.6. The third-order valence-corrected chi connectivity index (χ3v) is 5.12. The summed E-state index contributed by atoms with van der Waals surface area (Å²) in [6.45, 7) is 0.393. The topological polar surface area (TPSA) is 131 Å². The van der Waals surface area contributed by atoms with Gasteiger partial charge in [-0.25, -0.2) is 4.98 Å². The van der Waals surface area contributed by atoms with E-state index in [-0.39, 0.29) is 5.69 Å². The number of aromatic hydroxyl groups is 1. The van der Waals surface area contributed by atoms with Crippen molar-refractivity contribution >= 4 is 22.8 Å². The normalized spacial score (nSPS) is 14.7. The molecule has 0 spiro atoms. The first-order valence-corrected chi connectivity index (χ1v) is 10.3. The fourth-order valence-corrected chi connectivity index (χ4v) is 3.44. The lowest BCUT2D eigenvalue weighted by atomic mass is 9.94. The highest BCUT2D eigenvalue weighted by atomic mass is 16.5. The maximum Gasteiger partial charge on any atom is 0.322 e. The van der Waals surface area contributed by atoms with Crippen molar-refractivity contribution in [3.8, 4) is 23.3 Å². The van der Waals surface area contributed by atoms with E-state index < -0.39 is 29.8 Å². The number of hydrogen-bond donors (Lipinski definition) is 3. The Labute approximate surface area is 189 Å². The van der Waals surface area contributed by atoms with Crippen LogP contribution >= 0.6 is 0 Å². The number of para-hydroxylation sites is 1. The minimum absolute atomic E-state index is 0.277. The summed E-state index contributed by atoms with van der Waals surface area (Å²) in [5, 5.41) is 22.0. The van der Waals surface area contributed by atoms with Gasteiger partial charge in [0, 0.05) is 36.2 Å². The second-order valence-electron chi connectivity index (χ2n) is 7.46. The van der Waals surface area contributed by atoms with Gasteiger partial charge in [0.15, 0.2) is 11.3 Å². The molecule has 3 heterocycles. The number of benzene rings is 1. The number of amides is 1. The number of pyridine rings is 2. The molecule has 1 amide bonds. The zero-order valence-electron chi connectivity index (χ0n) is 17.6. The molecule has 9 heteroatoms. The average molecular weight is 447 g/mol. The van der Waals surface area contributed by atoms with Crippen LogP contribution in [-0.4, -0.2) is 57.4 Å². The second-order valence-corrected chi connectivity index (χ2v) is 7.46.